The number of ether oxygens (including phenoxy) is 1. The number of urea groups is 1. The molecule has 2 aromatic heterocycles. The quantitative estimate of drug-likeness (QED) is 0.674. The number of thiazole rings is 1. The van der Waals surface area contributed by atoms with Crippen LogP contribution < -0.4 is 15.4 Å². The van der Waals surface area contributed by atoms with Crippen LogP contribution in [0, 0.1) is 0 Å². The molecular formula is C19H18N4O3S2. The van der Waals surface area contributed by atoms with Crippen molar-refractivity contribution in [3.63, 3.8) is 0 Å². The number of fused-ring (bicyclic) bond motifs is 1. The third kappa shape index (κ3) is 4.00. The maximum absolute atomic E-state index is 12.6. The van der Waals surface area contributed by atoms with Crippen molar-refractivity contribution in [2.45, 2.75) is 13.0 Å². The fraction of sp³-hybridized carbons (Fsp3) is 0.211. The Kier molecular flexibility index (Phi) is 5.27. The molecule has 0 fully saturated rings. The molecule has 3 amide bonds. The van der Waals surface area contributed by atoms with Crippen molar-refractivity contribution in [1.82, 2.24) is 9.88 Å². The van der Waals surface area contributed by atoms with Gasteiger partial charge in [-0.3, -0.25) is 10.1 Å². The number of nitrogens with one attached hydrogen (secondary N) is 2. The van der Waals surface area contributed by atoms with Crippen molar-refractivity contribution in [3.8, 4) is 5.75 Å². The Balaban J connectivity index is 1.39. The monoisotopic (exact) mass is 414 g/mol. The molecule has 0 bridgehead atoms. The molecule has 0 saturated carbocycles. The summed E-state index contributed by atoms with van der Waals surface area (Å²) in [4.78, 5) is 32.7. The van der Waals surface area contributed by atoms with Gasteiger partial charge in [-0.15, -0.1) is 11.3 Å². The molecule has 3 heterocycles. The van der Waals surface area contributed by atoms with Gasteiger partial charge in [0, 0.05) is 23.5 Å². The zero-order chi connectivity index (χ0) is 19.5. The van der Waals surface area contributed by atoms with Gasteiger partial charge in [-0.25, -0.2) is 9.78 Å². The number of benzene rings is 1. The molecule has 0 aliphatic carbocycles. The van der Waals surface area contributed by atoms with E-state index < -0.39 is 0 Å². The molecule has 1 aliphatic rings. The Morgan fingerprint density at radius 2 is 2.00 bits per heavy atom. The molecule has 1 aromatic carbocycles. The summed E-state index contributed by atoms with van der Waals surface area (Å²) < 4.78 is 5.12. The predicted octanol–water partition coefficient (Wildman–Crippen LogP) is 4.06. The number of hydrogen-bond donors (Lipinski definition) is 2. The molecule has 0 saturated heterocycles. The van der Waals surface area contributed by atoms with Gasteiger partial charge in [0.15, 0.2) is 5.13 Å². The lowest BCUT2D eigenvalue weighted by molar-refractivity contribution is 0.103. The van der Waals surface area contributed by atoms with Gasteiger partial charge in [0.2, 0.25) is 0 Å². The van der Waals surface area contributed by atoms with Crippen LogP contribution in [-0.4, -0.2) is 35.5 Å². The van der Waals surface area contributed by atoms with Crippen molar-refractivity contribution in [2.75, 3.05) is 24.3 Å². The molecule has 0 atom stereocenters. The Morgan fingerprint density at radius 1 is 1.18 bits per heavy atom. The van der Waals surface area contributed by atoms with Crippen LogP contribution >= 0.6 is 22.7 Å². The Bertz CT molecular complexity index is 983. The molecule has 3 aromatic rings. The van der Waals surface area contributed by atoms with Gasteiger partial charge in [-0.05, 0) is 35.7 Å². The third-order valence-electron chi connectivity index (χ3n) is 4.33. The number of carbonyl (C=O) groups is 2. The van der Waals surface area contributed by atoms with E-state index in [1.165, 1.54) is 22.7 Å². The molecule has 28 heavy (non-hydrogen) atoms. The van der Waals surface area contributed by atoms with Gasteiger partial charge < -0.3 is 15.0 Å². The smallest absolute Gasteiger partial charge is 0.322 e. The molecule has 7 nitrogen and oxygen atoms in total. The minimum Gasteiger partial charge on any atom is -0.497 e. The van der Waals surface area contributed by atoms with E-state index >= 15 is 0 Å². The highest BCUT2D eigenvalue weighted by Crippen LogP contribution is 2.29. The van der Waals surface area contributed by atoms with Crippen molar-refractivity contribution in [1.29, 1.82) is 0 Å². The predicted molar refractivity (Wildman–Crippen MR) is 111 cm³/mol. The van der Waals surface area contributed by atoms with Gasteiger partial charge in [-0.2, -0.15) is 0 Å². The highest BCUT2D eigenvalue weighted by molar-refractivity contribution is 7.16. The second-order valence-corrected chi connectivity index (χ2v) is 8.18. The van der Waals surface area contributed by atoms with E-state index in [2.05, 4.69) is 15.6 Å². The van der Waals surface area contributed by atoms with Gasteiger partial charge >= 0.3 is 6.03 Å². The number of aromatic nitrogens is 1. The van der Waals surface area contributed by atoms with E-state index in [9.17, 15) is 9.59 Å². The van der Waals surface area contributed by atoms with Crippen LogP contribution in [0.25, 0.3) is 0 Å². The maximum Gasteiger partial charge on any atom is 0.322 e. The molecule has 0 spiro atoms. The van der Waals surface area contributed by atoms with Crippen LogP contribution in [0.4, 0.5) is 15.6 Å². The number of nitrogens with zero attached hydrogens (tertiary/aromatic N) is 2. The number of anilines is 2. The topological polar surface area (TPSA) is 83.6 Å². The van der Waals surface area contributed by atoms with Crippen molar-refractivity contribution < 1.29 is 14.3 Å². The minimum atomic E-state index is -0.159. The Morgan fingerprint density at radius 3 is 2.71 bits per heavy atom. The van der Waals surface area contributed by atoms with E-state index in [4.69, 9.17) is 4.74 Å². The van der Waals surface area contributed by atoms with E-state index in [-0.39, 0.29) is 11.9 Å². The zero-order valence-corrected chi connectivity index (χ0v) is 16.7. The van der Waals surface area contributed by atoms with Crippen LogP contribution in [0.15, 0.2) is 41.8 Å². The van der Waals surface area contributed by atoms with Crippen LogP contribution in [0.1, 0.15) is 20.2 Å². The summed E-state index contributed by atoms with van der Waals surface area (Å²) in [6.45, 7) is 1.06. The Hall–Kier alpha value is -2.91. The largest absolute Gasteiger partial charge is 0.497 e. The number of amides is 3. The second-order valence-electron chi connectivity index (χ2n) is 6.15. The first-order valence-electron chi connectivity index (χ1n) is 8.66. The molecular weight excluding hydrogens is 396 g/mol. The second kappa shape index (κ2) is 7.99. The van der Waals surface area contributed by atoms with Crippen LogP contribution in [0.5, 0.6) is 5.75 Å². The van der Waals surface area contributed by atoms with Crippen LogP contribution in [-0.2, 0) is 13.0 Å². The molecule has 1 aliphatic heterocycles. The Labute approximate surface area is 170 Å². The standard InChI is InChI=1S/C19H18N4O3S2/c1-26-13-6-4-12(5-7-13)20-19(25)23-9-8-14-16(11-23)28-18(21-14)22-17(24)15-3-2-10-27-15/h2-7,10H,8-9,11H2,1H3,(H,20,25)(H,21,22,24). The highest BCUT2D eigenvalue weighted by atomic mass is 32.1. The first-order chi connectivity index (χ1) is 13.6. The lowest BCUT2D eigenvalue weighted by atomic mass is 10.2. The lowest BCUT2D eigenvalue weighted by Crippen LogP contribution is -2.38. The first kappa shape index (κ1) is 18.5. The minimum absolute atomic E-state index is 0.157. The van der Waals surface area contributed by atoms with E-state index in [1.54, 1.807) is 42.3 Å². The summed E-state index contributed by atoms with van der Waals surface area (Å²) in [5.74, 6) is 0.581. The summed E-state index contributed by atoms with van der Waals surface area (Å²) in [6, 6.07) is 10.7. The molecule has 9 heteroatoms. The summed E-state index contributed by atoms with van der Waals surface area (Å²) in [7, 11) is 1.60. The van der Waals surface area contributed by atoms with Gasteiger partial charge in [0.1, 0.15) is 5.75 Å². The van der Waals surface area contributed by atoms with Crippen molar-refractivity contribution in [2.24, 2.45) is 0 Å². The average molecular weight is 415 g/mol. The fourth-order valence-electron chi connectivity index (χ4n) is 2.87. The molecule has 144 valence electrons. The SMILES string of the molecule is COc1ccc(NC(=O)N2CCc3nc(NC(=O)c4cccs4)sc3C2)cc1. The molecule has 2 N–H and O–H groups in total. The summed E-state index contributed by atoms with van der Waals surface area (Å²) in [6.07, 6.45) is 0.663. The molecule has 4 rings (SSSR count). The number of rotatable bonds is 4. The number of methoxy groups -OCH3 is 1. The fourth-order valence-corrected chi connectivity index (χ4v) is 4.50. The summed E-state index contributed by atoms with van der Waals surface area (Å²) in [5.41, 5.74) is 1.66. The third-order valence-corrected chi connectivity index (χ3v) is 6.19. The van der Waals surface area contributed by atoms with E-state index in [0.717, 1.165) is 16.3 Å². The van der Waals surface area contributed by atoms with Crippen LogP contribution in [0.2, 0.25) is 0 Å². The van der Waals surface area contributed by atoms with Gasteiger partial charge in [-0.1, -0.05) is 17.4 Å². The van der Waals surface area contributed by atoms with Crippen molar-refractivity contribution in [3.05, 3.63) is 57.2 Å². The number of hydrogen-bond acceptors (Lipinski definition) is 6. The summed E-state index contributed by atoms with van der Waals surface area (Å²) >= 11 is 2.81. The van der Waals surface area contributed by atoms with E-state index in [1.807, 2.05) is 11.4 Å². The number of carbonyl (C=O) groups excluding carboxylic acids is 2. The lowest BCUT2D eigenvalue weighted by Gasteiger charge is -2.26. The average Bonchev–Trinajstić information content (AvgIpc) is 3.37. The maximum atomic E-state index is 12.6. The van der Waals surface area contributed by atoms with Gasteiger partial charge in [0.05, 0.1) is 24.2 Å². The molecule has 0 unspecified atom stereocenters. The van der Waals surface area contributed by atoms with E-state index in [0.29, 0.717) is 35.2 Å². The van der Waals surface area contributed by atoms with Crippen LogP contribution in [0.3, 0.4) is 0 Å². The van der Waals surface area contributed by atoms with Crippen molar-refractivity contribution >= 4 is 45.4 Å². The summed E-state index contributed by atoms with van der Waals surface area (Å²) in [5, 5.41) is 8.18. The molecule has 0 radical (unpaired) electrons. The highest BCUT2D eigenvalue weighted by Gasteiger charge is 2.25. The number of thiophene rings is 1. The first-order valence-corrected chi connectivity index (χ1v) is 10.4. The van der Waals surface area contributed by atoms with Gasteiger partial charge in [0.25, 0.3) is 5.91 Å². The zero-order valence-electron chi connectivity index (χ0n) is 15.1. The normalized spacial score (nSPS) is 13.0.